The quantitative estimate of drug-likeness (QED) is 0.757. The van der Waals surface area contributed by atoms with Crippen LogP contribution in [-0.4, -0.2) is 23.3 Å². The van der Waals surface area contributed by atoms with Crippen molar-refractivity contribution in [3.63, 3.8) is 0 Å². The molecule has 16 heavy (non-hydrogen) atoms. The van der Waals surface area contributed by atoms with Crippen LogP contribution in [0.25, 0.3) is 0 Å². The zero-order valence-corrected chi connectivity index (χ0v) is 11.4. The van der Waals surface area contributed by atoms with Gasteiger partial charge in [0.15, 0.2) is 0 Å². The van der Waals surface area contributed by atoms with Crippen LogP contribution in [0.3, 0.4) is 0 Å². The van der Waals surface area contributed by atoms with E-state index in [9.17, 15) is 5.11 Å². The van der Waals surface area contributed by atoms with E-state index in [1.54, 1.807) is 0 Å². The molecule has 0 amide bonds. The Kier molecular flexibility index (Phi) is 5.26. The van der Waals surface area contributed by atoms with Gasteiger partial charge in [-0.3, -0.25) is 0 Å². The third kappa shape index (κ3) is 4.42. The van der Waals surface area contributed by atoms with E-state index >= 15 is 0 Å². The third-order valence-corrected chi connectivity index (χ3v) is 4.25. The Morgan fingerprint density at radius 2 is 1.81 bits per heavy atom. The Morgan fingerprint density at radius 1 is 1.25 bits per heavy atom. The van der Waals surface area contributed by atoms with E-state index in [0.29, 0.717) is 6.04 Å². The minimum absolute atomic E-state index is 0.533. The Balaban J connectivity index is 2.22. The van der Waals surface area contributed by atoms with Crippen LogP contribution >= 0.6 is 0 Å². The van der Waals surface area contributed by atoms with Gasteiger partial charge in [-0.05, 0) is 50.9 Å². The van der Waals surface area contributed by atoms with Gasteiger partial charge in [-0.2, -0.15) is 0 Å². The van der Waals surface area contributed by atoms with Gasteiger partial charge < -0.3 is 10.4 Å². The number of nitrogens with one attached hydrogen (secondary N) is 1. The largest absolute Gasteiger partial charge is 0.389 e. The van der Waals surface area contributed by atoms with Crippen LogP contribution in [0.2, 0.25) is 0 Å². The summed E-state index contributed by atoms with van der Waals surface area (Å²) in [4.78, 5) is 0. The first-order valence-electron chi connectivity index (χ1n) is 6.90. The van der Waals surface area contributed by atoms with E-state index in [0.717, 1.165) is 24.8 Å². The lowest BCUT2D eigenvalue weighted by molar-refractivity contribution is 0.0500. The van der Waals surface area contributed by atoms with Gasteiger partial charge in [-0.1, -0.05) is 20.8 Å². The van der Waals surface area contributed by atoms with E-state index in [4.69, 9.17) is 0 Å². The van der Waals surface area contributed by atoms with Crippen molar-refractivity contribution in [3.8, 4) is 0 Å². The summed E-state index contributed by atoms with van der Waals surface area (Å²) >= 11 is 0. The molecule has 0 aromatic heterocycles. The molecule has 2 nitrogen and oxygen atoms in total. The second kappa shape index (κ2) is 6.02. The van der Waals surface area contributed by atoms with Crippen molar-refractivity contribution in [2.45, 2.75) is 71.4 Å². The van der Waals surface area contributed by atoms with Crippen molar-refractivity contribution in [1.29, 1.82) is 0 Å². The van der Waals surface area contributed by atoms with Gasteiger partial charge in [0, 0.05) is 12.6 Å². The van der Waals surface area contributed by atoms with E-state index in [1.165, 1.54) is 25.7 Å². The van der Waals surface area contributed by atoms with Crippen molar-refractivity contribution in [3.05, 3.63) is 0 Å². The molecule has 1 unspecified atom stereocenters. The summed E-state index contributed by atoms with van der Waals surface area (Å²) < 4.78 is 0. The molecule has 1 rings (SSSR count). The number of hydrogen-bond donors (Lipinski definition) is 2. The standard InChI is InChI=1S/C14H29NO/c1-5-14(4,16)10-15-13-8-6-12(7-9-13)11(2)3/h11-13,15-16H,5-10H2,1-4H3. The monoisotopic (exact) mass is 227 g/mol. The lowest BCUT2D eigenvalue weighted by Crippen LogP contribution is -2.43. The molecule has 0 aliphatic heterocycles. The van der Waals surface area contributed by atoms with E-state index in [2.05, 4.69) is 19.2 Å². The molecule has 0 radical (unpaired) electrons. The third-order valence-electron chi connectivity index (χ3n) is 4.25. The first kappa shape index (κ1) is 14.0. The molecule has 0 bridgehead atoms. The fourth-order valence-corrected chi connectivity index (χ4v) is 2.48. The molecule has 1 atom stereocenters. The smallest absolute Gasteiger partial charge is 0.0741 e. The van der Waals surface area contributed by atoms with Crippen LogP contribution in [0, 0.1) is 11.8 Å². The average molecular weight is 227 g/mol. The second-order valence-corrected chi connectivity index (χ2v) is 6.09. The van der Waals surface area contributed by atoms with Crippen LogP contribution in [-0.2, 0) is 0 Å². The van der Waals surface area contributed by atoms with Gasteiger partial charge in [0.2, 0.25) is 0 Å². The molecule has 1 saturated carbocycles. The number of hydrogen-bond acceptors (Lipinski definition) is 2. The highest BCUT2D eigenvalue weighted by Crippen LogP contribution is 2.29. The molecule has 0 aromatic rings. The highest BCUT2D eigenvalue weighted by Gasteiger charge is 2.25. The van der Waals surface area contributed by atoms with Crippen LogP contribution in [0.4, 0.5) is 0 Å². The molecule has 1 aliphatic rings. The van der Waals surface area contributed by atoms with Crippen LogP contribution < -0.4 is 5.32 Å². The second-order valence-electron chi connectivity index (χ2n) is 6.09. The van der Waals surface area contributed by atoms with Gasteiger partial charge in [-0.15, -0.1) is 0 Å². The predicted molar refractivity (Wildman–Crippen MR) is 69.5 cm³/mol. The normalized spacial score (nSPS) is 30.4. The molecular weight excluding hydrogens is 198 g/mol. The van der Waals surface area contributed by atoms with E-state index in [-0.39, 0.29) is 0 Å². The van der Waals surface area contributed by atoms with Gasteiger partial charge in [0.1, 0.15) is 0 Å². The zero-order valence-electron chi connectivity index (χ0n) is 11.4. The summed E-state index contributed by atoms with van der Waals surface area (Å²) in [5.74, 6) is 1.75. The lowest BCUT2D eigenvalue weighted by Gasteiger charge is -2.33. The molecule has 0 saturated heterocycles. The van der Waals surface area contributed by atoms with Gasteiger partial charge in [0.25, 0.3) is 0 Å². The van der Waals surface area contributed by atoms with E-state index in [1.807, 2.05) is 13.8 Å². The van der Waals surface area contributed by atoms with Crippen LogP contribution in [0.5, 0.6) is 0 Å². The maximum Gasteiger partial charge on any atom is 0.0741 e. The Labute approximate surface area is 101 Å². The summed E-state index contributed by atoms with van der Waals surface area (Å²) in [6.07, 6.45) is 6.08. The minimum Gasteiger partial charge on any atom is -0.389 e. The van der Waals surface area contributed by atoms with Gasteiger partial charge in [0.05, 0.1) is 5.60 Å². The van der Waals surface area contributed by atoms with Crippen molar-refractivity contribution < 1.29 is 5.11 Å². The molecule has 0 aromatic carbocycles. The average Bonchev–Trinajstić information content (AvgIpc) is 2.27. The summed E-state index contributed by atoms with van der Waals surface area (Å²) in [7, 11) is 0. The Morgan fingerprint density at radius 3 is 2.25 bits per heavy atom. The summed E-state index contributed by atoms with van der Waals surface area (Å²) in [5, 5.41) is 13.5. The number of aliphatic hydroxyl groups is 1. The van der Waals surface area contributed by atoms with E-state index < -0.39 is 5.60 Å². The fraction of sp³-hybridized carbons (Fsp3) is 1.00. The Hall–Kier alpha value is -0.0800. The molecular formula is C14H29NO. The molecule has 96 valence electrons. The summed E-state index contributed by atoms with van der Waals surface area (Å²) in [5.41, 5.74) is -0.533. The van der Waals surface area contributed by atoms with Crippen LogP contribution in [0.1, 0.15) is 59.8 Å². The molecule has 2 heteroatoms. The first-order chi connectivity index (χ1) is 7.44. The predicted octanol–water partition coefficient (Wildman–Crippen LogP) is 2.95. The van der Waals surface area contributed by atoms with Gasteiger partial charge in [-0.25, -0.2) is 0 Å². The summed E-state index contributed by atoms with van der Waals surface area (Å²) in [6, 6.07) is 0.632. The maximum atomic E-state index is 9.93. The molecule has 0 spiro atoms. The molecule has 0 heterocycles. The SMILES string of the molecule is CCC(C)(O)CNC1CCC(C(C)C)CC1. The molecule has 1 aliphatic carbocycles. The van der Waals surface area contributed by atoms with Crippen molar-refractivity contribution in [2.24, 2.45) is 11.8 Å². The Bertz CT molecular complexity index is 193. The summed E-state index contributed by atoms with van der Waals surface area (Å²) in [6.45, 7) is 9.36. The fourth-order valence-electron chi connectivity index (χ4n) is 2.48. The van der Waals surface area contributed by atoms with Crippen molar-refractivity contribution in [1.82, 2.24) is 5.32 Å². The minimum atomic E-state index is -0.533. The molecule has 1 fully saturated rings. The topological polar surface area (TPSA) is 32.3 Å². The maximum absolute atomic E-state index is 9.93. The van der Waals surface area contributed by atoms with Gasteiger partial charge >= 0.3 is 0 Å². The van der Waals surface area contributed by atoms with Crippen molar-refractivity contribution in [2.75, 3.05) is 6.54 Å². The van der Waals surface area contributed by atoms with Crippen molar-refractivity contribution >= 4 is 0 Å². The number of rotatable bonds is 5. The zero-order chi connectivity index (χ0) is 12.2. The first-order valence-corrected chi connectivity index (χ1v) is 6.90. The molecule has 2 N–H and O–H groups in total. The highest BCUT2D eigenvalue weighted by atomic mass is 16.3. The van der Waals surface area contributed by atoms with Crippen LogP contribution in [0.15, 0.2) is 0 Å². The highest BCUT2D eigenvalue weighted by molar-refractivity contribution is 4.82. The lowest BCUT2D eigenvalue weighted by atomic mass is 9.79.